The number of hydrogen-bond donors (Lipinski definition) is 1. The highest BCUT2D eigenvalue weighted by molar-refractivity contribution is 5.76. The number of methoxy groups -OCH3 is 1. The average molecular weight is 473 g/mol. The zero-order valence-electron chi connectivity index (χ0n) is 19.4. The lowest BCUT2D eigenvalue weighted by atomic mass is 9.83. The van der Waals surface area contributed by atoms with E-state index < -0.39 is 17.9 Å². The summed E-state index contributed by atoms with van der Waals surface area (Å²) < 4.78 is 58.3. The fourth-order valence-electron chi connectivity index (χ4n) is 4.98. The summed E-state index contributed by atoms with van der Waals surface area (Å²) in [4.78, 5) is 14.3. The molecule has 8 heteroatoms. The average Bonchev–Trinajstić information content (AvgIpc) is 2.79. The zero-order valence-corrected chi connectivity index (χ0v) is 19.4. The molecule has 0 radical (unpaired) electrons. The van der Waals surface area contributed by atoms with Crippen LogP contribution in [0.4, 0.5) is 17.6 Å². The summed E-state index contributed by atoms with van der Waals surface area (Å²) in [5.74, 6) is 0.737. The predicted molar refractivity (Wildman–Crippen MR) is 120 cm³/mol. The molecular formula is C25H36F4N2O2. The number of nitrogens with one attached hydrogen (secondary N) is 1. The monoisotopic (exact) mass is 472 g/mol. The third-order valence-corrected chi connectivity index (χ3v) is 7.00. The van der Waals surface area contributed by atoms with Crippen LogP contribution >= 0.6 is 0 Å². The Balaban J connectivity index is 1.38. The van der Waals surface area contributed by atoms with E-state index >= 15 is 0 Å². The smallest absolute Gasteiger partial charge is 0.385 e. The second kappa shape index (κ2) is 12.2. The van der Waals surface area contributed by atoms with Crippen molar-refractivity contribution >= 4 is 5.91 Å². The van der Waals surface area contributed by atoms with Gasteiger partial charge in [0, 0.05) is 45.7 Å². The van der Waals surface area contributed by atoms with Gasteiger partial charge in [-0.2, -0.15) is 13.2 Å². The number of nitrogens with zero attached hydrogens (tertiary/aromatic N) is 1. The first-order valence-electron chi connectivity index (χ1n) is 12.1. The standard InChI is InChI=1S/C25H36F4N2O2/c1-33-16-2-3-24(32)30-21-7-4-18(5-8-21)10-13-31-14-11-19(12-15-31)22-17-20(25(27,28)29)6-9-23(22)26/h6,11,17-18,21,23H,2-5,7-10,12-16H2,1H3,(H,30,32). The van der Waals surface area contributed by atoms with Crippen LogP contribution in [0.3, 0.4) is 0 Å². The van der Waals surface area contributed by atoms with Crippen molar-refractivity contribution in [2.45, 2.75) is 76.2 Å². The zero-order chi connectivity index (χ0) is 23.8. The van der Waals surface area contributed by atoms with Gasteiger partial charge in [0.1, 0.15) is 6.17 Å². The van der Waals surface area contributed by atoms with E-state index in [1.54, 1.807) is 7.11 Å². The van der Waals surface area contributed by atoms with E-state index in [4.69, 9.17) is 4.74 Å². The molecule has 0 spiro atoms. The third-order valence-electron chi connectivity index (χ3n) is 7.00. The molecule has 1 heterocycles. The Morgan fingerprint density at radius 3 is 2.61 bits per heavy atom. The Hall–Kier alpha value is -1.67. The summed E-state index contributed by atoms with van der Waals surface area (Å²) in [6.45, 7) is 2.93. The van der Waals surface area contributed by atoms with Gasteiger partial charge >= 0.3 is 6.18 Å². The molecule has 1 amide bonds. The predicted octanol–water partition coefficient (Wildman–Crippen LogP) is 5.27. The maximum Gasteiger partial charge on any atom is 0.416 e. The van der Waals surface area contributed by atoms with Crippen molar-refractivity contribution in [2.24, 2.45) is 5.92 Å². The van der Waals surface area contributed by atoms with Crippen molar-refractivity contribution in [2.75, 3.05) is 33.4 Å². The Labute approximate surface area is 194 Å². The molecule has 3 rings (SSSR count). The maximum absolute atomic E-state index is 14.3. The van der Waals surface area contributed by atoms with E-state index in [1.807, 2.05) is 6.08 Å². The lowest BCUT2D eigenvalue weighted by Crippen LogP contribution is -2.38. The van der Waals surface area contributed by atoms with Gasteiger partial charge in [0.15, 0.2) is 0 Å². The minimum atomic E-state index is -4.43. The van der Waals surface area contributed by atoms with Crippen molar-refractivity contribution in [3.8, 4) is 0 Å². The number of carbonyl (C=O) groups excluding carboxylic acids is 1. The molecule has 1 aliphatic heterocycles. The molecule has 1 N–H and O–H groups in total. The largest absolute Gasteiger partial charge is 0.416 e. The van der Waals surface area contributed by atoms with Crippen LogP contribution in [0.5, 0.6) is 0 Å². The van der Waals surface area contributed by atoms with Crippen LogP contribution in [-0.2, 0) is 9.53 Å². The van der Waals surface area contributed by atoms with E-state index in [9.17, 15) is 22.4 Å². The Morgan fingerprint density at radius 1 is 1.21 bits per heavy atom. The highest BCUT2D eigenvalue weighted by Gasteiger charge is 2.36. The molecule has 0 aromatic heterocycles. The summed E-state index contributed by atoms with van der Waals surface area (Å²) >= 11 is 0. The van der Waals surface area contributed by atoms with E-state index in [1.165, 1.54) is 0 Å². The lowest BCUT2D eigenvalue weighted by Gasteiger charge is -2.32. The molecule has 1 unspecified atom stereocenters. The van der Waals surface area contributed by atoms with E-state index in [0.29, 0.717) is 31.9 Å². The molecule has 0 aromatic rings. The van der Waals surface area contributed by atoms with Crippen LogP contribution in [-0.4, -0.2) is 62.5 Å². The Bertz CT molecular complexity index is 752. The molecule has 1 saturated carbocycles. The van der Waals surface area contributed by atoms with Crippen molar-refractivity contribution in [3.63, 3.8) is 0 Å². The SMILES string of the molecule is COCCCC(=O)NC1CCC(CCN2CC=C(C3=CC(C(F)(F)F)=CCC3F)CC2)CC1. The lowest BCUT2D eigenvalue weighted by molar-refractivity contribution is -0.122. The van der Waals surface area contributed by atoms with E-state index in [-0.39, 0.29) is 23.9 Å². The number of hydrogen-bond acceptors (Lipinski definition) is 3. The maximum atomic E-state index is 14.3. The summed E-state index contributed by atoms with van der Waals surface area (Å²) in [7, 11) is 1.64. The Kier molecular flexibility index (Phi) is 9.56. The van der Waals surface area contributed by atoms with E-state index in [2.05, 4.69) is 10.2 Å². The van der Waals surface area contributed by atoms with Crippen molar-refractivity contribution in [1.29, 1.82) is 0 Å². The first-order chi connectivity index (χ1) is 15.8. The van der Waals surface area contributed by atoms with Gasteiger partial charge in [0.25, 0.3) is 0 Å². The van der Waals surface area contributed by atoms with Gasteiger partial charge in [-0.25, -0.2) is 4.39 Å². The van der Waals surface area contributed by atoms with Crippen LogP contribution in [0.25, 0.3) is 0 Å². The van der Waals surface area contributed by atoms with Crippen LogP contribution < -0.4 is 5.32 Å². The number of amides is 1. The molecule has 2 aliphatic carbocycles. The van der Waals surface area contributed by atoms with Gasteiger partial charge in [-0.05, 0) is 74.6 Å². The van der Waals surface area contributed by atoms with Gasteiger partial charge < -0.3 is 10.1 Å². The number of carbonyl (C=O) groups is 1. The van der Waals surface area contributed by atoms with Crippen LogP contribution in [0.15, 0.2) is 34.9 Å². The first kappa shape index (κ1) is 25.9. The van der Waals surface area contributed by atoms with Gasteiger partial charge in [-0.1, -0.05) is 12.2 Å². The molecule has 0 bridgehead atoms. The van der Waals surface area contributed by atoms with Crippen molar-refractivity contribution < 1.29 is 27.1 Å². The fraction of sp³-hybridized carbons (Fsp3) is 0.720. The molecule has 0 saturated heterocycles. The number of alkyl halides is 4. The fourth-order valence-corrected chi connectivity index (χ4v) is 4.98. The number of halogens is 4. The molecule has 1 fully saturated rings. The highest BCUT2D eigenvalue weighted by Crippen LogP contribution is 2.36. The molecular weight excluding hydrogens is 436 g/mol. The molecule has 4 nitrogen and oxygen atoms in total. The number of ether oxygens (including phenoxy) is 1. The topological polar surface area (TPSA) is 41.6 Å². The van der Waals surface area contributed by atoms with Gasteiger partial charge in [-0.15, -0.1) is 0 Å². The second-order valence-corrected chi connectivity index (χ2v) is 9.41. The van der Waals surface area contributed by atoms with Gasteiger partial charge in [-0.3, -0.25) is 9.69 Å². The normalized spacial score (nSPS) is 26.9. The van der Waals surface area contributed by atoms with Crippen molar-refractivity contribution in [1.82, 2.24) is 10.2 Å². The van der Waals surface area contributed by atoms with Gasteiger partial charge in [0.05, 0.1) is 5.57 Å². The van der Waals surface area contributed by atoms with Crippen LogP contribution in [0, 0.1) is 5.92 Å². The molecule has 186 valence electrons. The highest BCUT2D eigenvalue weighted by atomic mass is 19.4. The summed E-state index contributed by atoms with van der Waals surface area (Å²) in [5.41, 5.74) is 0.180. The minimum Gasteiger partial charge on any atom is -0.385 e. The van der Waals surface area contributed by atoms with Crippen LogP contribution in [0.1, 0.15) is 57.8 Å². The summed E-state index contributed by atoms with van der Waals surface area (Å²) in [5, 5.41) is 3.13. The van der Waals surface area contributed by atoms with Crippen LogP contribution in [0.2, 0.25) is 0 Å². The second-order valence-electron chi connectivity index (χ2n) is 9.41. The third kappa shape index (κ3) is 7.95. The number of rotatable bonds is 9. The molecule has 3 aliphatic rings. The Morgan fingerprint density at radius 2 is 1.97 bits per heavy atom. The quantitative estimate of drug-likeness (QED) is 0.367. The van der Waals surface area contributed by atoms with Gasteiger partial charge in [0.2, 0.25) is 5.91 Å². The van der Waals surface area contributed by atoms with Crippen molar-refractivity contribution in [3.05, 3.63) is 34.9 Å². The molecule has 1 atom stereocenters. The molecule has 33 heavy (non-hydrogen) atoms. The molecule has 0 aromatic carbocycles. The minimum absolute atomic E-state index is 0.104. The summed E-state index contributed by atoms with van der Waals surface area (Å²) in [6.07, 6.45) is 4.96. The first-order valence-corrected chi connectivity index (χ1v) is 12.1. The van der Waals surface area contributed by atoms with E-state index in [0.717, 1.165) is 69.3 Å². The summed E-state index contributed by atoms with van der Waals surface area (Å²) in [6, 6.07) is 0.268. The number of allylic oxidation sites excluding steroid dienone is 4.